The molecule has 1 aliphatic rings. The highest BCUT2D eigenvalue weighted by molar-refractivity contribution is 14.0. The number of nitrogens with one attached hydrogen (secondary N) is 2. The summed E-state index contributed by atoms with van der Waals surface area (Å²) < 4.78 is 5.35. The van der Waals surface area contributed by atoms with Gasteiger partial charge in [0, 0.05) is 39.8 Å². The van der Waals surface area contributed by atoms with Crippen molar-refractivity contribution in [2.24, 2.45) is 4.99 Å². The van der Waals surface area contributed by atoms with Gasteiger partial charge < -0.3 is 15.4 Å². The highest BCUT2D eigenvalue weighted by Crippen LogP contribution is 1.98. The lowest BCUT2D eigenvalue weighted by atomic mass is 10.1. The van der Waals surface area contributed by atoms with E-state index < -0.39 is 0 Å². The molecule has 0 atom stereocenters. The van der Waals surface area contributed by atoms with E-state index >= 15 is 0 Å². The Morgan fingerprint density at radius 3 is 2.50 bits per heavy atom. The Bertz CT molecular complexity index is 421. The molecule has 5 nitrogen and oxygen atoms in total. The minimum absolute atomic E-state index is 0. The zero-order valence-corrected chi connectivity index (χ0v) is 15.6. The van der Waals surface area contributed by atoms with Crippen LogP contribution in [0.15, 0.2) is 35.3 Å². The van der Waals surface area contributed by atoms with E-state index in [0.717, 1.165) is 58.3 Å². The van der Waals surface area contributed by atoms with E-state index in [4.69, 9.17) is 4.74 Å². The van der Waals surface area contributed by atoms with Gasteiger partial charge in [-0.25, -0.2) is 0 Å². The van der Waals surface area contributed by atoms with Crippen LogP contribution in [0.5, 0.6) is 0 Å². The second-order valence-electron chi connectivity index (χ2n) is 5.12. The number of guanidine groups is 1. The average molecular weight is 418 g/mol. The molecule has 0 unspecified atom stereocenters. The highest BCUT2D eigenvalue weighted by Gasteiger charge is 2.09. The van der Waals surface area contributed by atoms with Gasteiger partial charge in [0.1, 0.15) is 0 Å². The molecule has 0 aliphatic carbocycles. The number of morpholine rings is 1. The van der Waals surface area contributed by atoms with Crippen LogP contribution >= 0.6 is 24.0 Å². The van der Waals surface area contributed by atoms with E-state index in [-0.39, 0.29) is 24.0 Å². The molecule has 2 rings (SSSR count). The SMILES string of the molecule is CN=C(NCCc1ccccc1)NCCN1CCOCC1.I. The van der Waals surface area contributed by atoms with Crippen molar-refractivity contribution in [3.05, 3.63) is 35.9 Å². The van der Waals surface area contributed by atoms with Gasteiger partial charge in [0.2, 0.25) is 0 Å². The Morgan fingerprint density at radius 2 is 1.82 bits per heavy atom. The average Bonchev–Trinajstić information content (AvgIpc) is 2.55. The minimum Gasteiger partial charge on any atom is -0.379 e. The van der Waals surface area contributed by atoms with Crippen LogP contribution in [0.4, 0.5) is 0 Å². The fourth-order valence-corrected chi connectivity index (χ4v) is 2.35. The van der Waals surface area contributed by atoms with Gasteiger partial charge in [-0.05, 0) is 12.0 Å². The second kappa shape index (κ2) is 11.7. The van der Waals surface area contributed by atoms with Gasteiger partial charge in [-0.3, -0.25) is 9.89 Å². The largest absolute Gasteiger partial charge is 0.379 e. The maximum atomic E-state index is 5.35. The number of hydrogen-bond acceptors (Lipinski definition) is 3. The zero-order valence-electron chi connectivity index (χ0n) is 13.3. The number of hydrogen-bond donors (Lipinski definition) is 2. The summed E-state index contributed by atoms with van der Waals surface area (Å²) >= 11 is 0. The van der Waals surface area contributed by atoms with Crippen LogP contribution in [0.25, 0.3) is 0 Å². The van der Waals surface area contributed by atoms with Gasteiger partial charge in [-0.2, -0.15) is 0 Å². The van der Waals surface area contributed by atoms with E-state index in [1.165, 1.54) is 5.56 Å². The van der Waals surface area contributed by atoms with Crippen molar-refractivity contribution in [2.75, 3.05) is 53.0 Å². The first-order valence-electron chi connectivity index (χ1n) is 7.67. The van der Waals surface area contributed by atoms with Crippen LogP contribution < -0.4 is 10.6 Å². The number of nitrogens with zero attached hydrogens (tertiary/aromatic N) is 2. The third-order valence-electron chi connectivity index (χ3n) is 3.60. The van der Waals surface area contributed by atoms with Gasteiger partial charge in [-0.15, -0.1) is 24.0 Å². The predicted molar refractivity (Wildman–Crippen MR) is 102 cm³/mol. The fourth-order valence-electron chi connectivity index (χ4n) is 2.35. The Balaban J connectivity index is 0.00000242. The fraction of sp³-hybridized carbons (Fsp3) is 0.562. The molecule has 6 heteroatoms. The molecule has 0 saturated carbocycles. The summed E-state index contributed by atoms with van der Waals surface area (Å²) in [7, 11) is 1.81. The van der Waals surface area contributed by atoms with E-state index in [1.807, 2.05) is 13.1 Å². The van der Waals surface area contributed by atoms with Gasteiger partial charge in [0.05, 0.1) is 13.2 Å². The summed E-state index contributed by atoms with van der Waals surface area (Å²) in [5.74, 6) is 0.874. The van der Waals surface area contributed by atoms with Crippen molar-refractivity contribution in [3.8, 4) is 0 Å². The maximum Gasteiger partial charge on any atom is 0.191 e. The molecule has 0 radical (unpaired) electrons. The third-order valence-corrected chi connectivity index (χ3v) is 3.60. The monoisotopic (exact) mass is 418 g/mol. The van der Waals surface area contributed by atoms with Crippen LogP contribution in [-0.2, 0) is 11.2 Å². The molecule has 1 aromatic carbocycles. The smallest absolute Gasteiger partial charge is 0.191 e. The molecule has 2 N–H and O–H groups in total. The summed E-state index contributed by atoms with van der Waals surface area (Å²) in [4.78, 5) is 6.66. The molecule has 1 aromatic rings. The Kier molecular flexibility index (Phi) is 10.2. The first-order chi connectivity index (χ1) is 10.4. The van der Waals surface area contributed by atoms with Crippen LogP contribution in [-0.4, -0.2) is 63.8 Å². The minimum atomic E-state index is 0. The zero-order chi connectivity index (χ0) is 14.8. The molecule has 0 aromatic heterocycles. The summed E-state index contributed by atoms with van der Waals surface area (Å²) in [5.41, 5.74) is 1.34. The lowest BCUT2D eigenvalue weighted by Crippen LogP contribution is -2.44. The number of benzene rings is 1. The van der Waals surface area contributed by atoms with Crippen LogP contribution in [0.2, 0.25) is 0 Å². The summed E-state index contributed by atoms with van der Waals surface area (Å²) in [6, 6.07) is 10.5. The molecular weight excluding hydrogens is 391 g/mol. The molecule has 1 fully saturated rings. The Hall–Kier alpha value is -0.860. The Morgan fingerprint density at radius 1 is 1.14 bits per heavy atom. The molecule has 1 aliphatic heterocycles. The molecule has 1 heterocycles. The topological polar surface area (TPSA) is 48.9 Å². The number of ether oxygens (including phenoxy) is 1. The summed E-state index contributed by atoms with van der Waals surface area (Å²) in [5, 5.41) is 6.71. The summed E-state index contributed by atoms with van der Waals surface area (Å²) in [6.07, 6.45) is 1.00. The van der Waals surface area contributed by atoms with Gasteiger partial charge >= 0.3 is 0 Å². The van der Waals surface area contributed by atoms with Crippen molar-refractivity contribution in [1.29, 1.82) is 0 Å². The molecule has 0 bridgehead atoms. The molecule has 0 amide bonds. The number of aliphatic imine (C=N–C) groups is 1. The lowest BCUT2D eigenvalue weighted by Gasteiger charge is -2.26. The van der Waals surface area contributed by atoms with Crippen LogP contribution in [0.3, 0.4) is 0 Å². The molecule has 1 saturated heterocycles. The third kappa shape index (κ3) is 7.42. The number of rotatable bonds is 6. The van der Waals surface area contributed by atoms with E-state index in [0.29, 0.717) is 0 Å². The molecule has 124 valence electrons. The lowest BCUT2D eigenvalue weighted by molar-refractivity contribution is 0.0389. The van der Waals surface area contributed by atoms with E-state index in [9.17, 15) is 0 Å². The van der Waals surface area contributed by atoms with E-state index in [2.05, 4.69) is 44.8 Å². The number of halogens is 1. The normalized spacial score (nSPS) is 16.0. The van der Waals surface area contributed by atoms with Crippen molar-refractivity contribution < 1.29 is 4.74 Å². The van der Waals surface area contributed by atoms with Gasteiger partial charge in [0.25, 0.3) is 0 Å². The molecule has 22 heavy (non-hydrogen) atoms. The van der Waals surface area contributed by atoms with Crippen LogP contribution in [0.1, 0.15) is 5.56 Å². The maximum absolute atomic E-state index is 5.35. The predicted octanol–water partition coefficient (Wildman–Crippen LogP) is 1.34. The highest BCUT2D eigenvalue weighted by atomic mass is 127. The first-order valence-corrected chi connectivity index (χ1v) is 7.67. The van der Waals surface area contributed by atoms with Crippen molar-refractivity contribution in [2.45, 2.75) is 6.42 Å². The van der Waals surface area contributed by atoms with Crippen molar-refractivity contribution in [1.82, 2.24) is 15.5 Å². The van der Waals surface area contributed by atoms with Crippen molar-refractivity contribution in [3.63, 3.8) is 0 Å². The Labute approximate surface area is 150 Å². The van der Waals surface area contributed by atoms with Gasteiger partial charge in [-0.1, -0.05) is 30.3 Å². The van der Waals surface area contributed by atoms with Crippen molar-refractivity contribution >= 4 is 29.9 Å². The summed E-state index contributed by atoms with van der Waals surface area (Å²) in [6.45, 7) is 6.59. The molecule has 0 spiro atoms. The second-order valence-corrected chi connectivity index (χ2v) is 5.12. The molecular formula is C16H27IN4O. The van der Waals surface area contributed by atoms with Crippen LogP contribution in [0, 0.1) is 0 Å². The standard InChI is InChI=1S/C16H26N4O.HI/c1-17-16(18-8-7-15-5-3-2-4-6-15)19-9-10-20-11-13-21-14-12-20;/h2-6H,7-14H2,1H3,(H2,17,18,19);1H. The quantitative estimate of drug-likeness (QED) is 0.416. The van der Waals surface area contributed by atoms with E-state index in [1.54, 1.807) is 0 Å². The van der Waals surface area contributed by atoms with Gasteiger partial charge in [0.15, 0.2) is 5.96 Å². The first kappa shape index (κ1) is 19.2.